The number of rotatable bonds is 5. The molecule has 0 aromatic heterocycles. The van der Waals surface area contributed by atoms with Gasteiger partial charge in [-0.25, -0.2) is 5.01 Å². The number of hydrogen-bond acceptors (Lipinski definition) is 5. The molecule has 37 heavy (non-hydrogen) atoms. The van der Waals surface area contributed by atoms with Crippen molar-refractivity contribution in [2.24, 2.45) is 10.1 Å². The van der Waals surface area contributed by atoms with Crippen molar-refractivity contribution in [2.45, 2.75) is 44.9 Å². The predicted octanol–water partition coefficient (Wildman–Crippen LogP) is 6.44. The average Bonchev–Trinajstić information content (AvgIpc) is 3.43. The molecule has 2 aliphatic heterocycles. The van der Waals surface area contributed by atoms with Gasteiger partial charge in [0.1, 0.15) is 5.25 Å². The van der Waals surface area contributed by atoms with E-state index in [-0.39, 0.29) is 24.3 Å². The second-order valence-electron chi connectivity index (χ2n) is 9.50. The maximum absolute atomic E-state index is 12.8. The molecule has 0 aliphatic carbocycles. The highest BCUT2D eigenvalue weighted by Crippen LogP contribution is 2.39. The number of aryl methyl sites for hydroxylation is 3. The number of aliphatic imine (C=N–C) groups is 1. The van der Waals surface area contributed by atoms with E-state index in [9.17, 15) is 9.59 Å². The highest BCUT2D eigenvalue weighted by molar-refractivity contribution is 8.15. The third kappa shape index (κ3) is 5.78. The van der Waals surface area contributed by atoms with Crippen LogP contribution >= 0.6 is 23.4 Å². The molecule has 5 rings (SSSR count). The minimum absolute atomic E-state index is 0.0354. The van der Waals surface area contributed by atoms with E-state index < -0.39 is 5.25 Å². The van der Waals surface area contributed by atoms with Gasteiger partial charge < -0.3 is 5.32 Å². The molecule has 2 heterocycles. The second kappa shape index (κ2) is 10.5. The molecule has 3 aromatic carbocycles. The number of amides is 2. The summed E-state index contributed by atoms with van der Waals surface area (Å²) in [7, 11) is 0. The van der Waals surface area contributed by atoms with Gasteiger partial charge in [-0.3, -0.25) is 9.59 Å². The molecule has 0 spiro atoms. The first-order valence-corrected chi connectivity index (χ1v) is 13.4. The molecule has 0 bridgehead atoms. The summed E-state index contributed by atoms with van der Waals surface area (Å²) in [6.45, 7) is 6.01. The summed E-state index contributed by atoms with van der Waals surface area (Å²) < 4.78 is 0. The number of carbonyl (C=O) groups excluding carboxylic acids is 2. The van der Waals surface area contributed by atoms with Gasteiger partial charge >= 0.3 is 0 Å². The SMILES string of the molecule is Cc1ccc(C2=NN(C3=NC(=O)[C@H](CC(=O)Nc4cc(C)cc(C)c4)S3)[C@@H](c3cccc(Cl)c3)C2)cc1. The molecule has 3 aromatic rings. The maximum atomic E-state index is 12.8. The van der Waals surface area contributed by atoms with E-state index in [1.807, 2.05) is 68.2 Å². The summed E-state index contributed by atoms with van der Waals surface area (Å²) in [6.07, 6.45) is 0.683. The van der Waals surface area contributed by atoms with Crippen molar-refractivity contribution in [2.75, 3.05) is 5.32 Å². The van der Waals surface area contributed by atoms with E-state index in [2.05, 4.69) is 34.6 Å². The van der Waals surface area contributed by atoms with Gasteiger partial charge in [-0.05, 0) is 67.3 Å². The van der Waals surface area contributed by atoms with Gasteiger partial charge in [-0.1, -0.05) is 71.4 Å². The number of thioether (sulfide) groups is 1. The van der Waals surface area contributed by atoms with Crippen LogP contribution in [0.25, 0.3) is 0 Å². The van der Waals surface area contributed by atoms with Crippen LogP contribution in [0.5, 0.6) is 0 Å². The molecule has 0 saturated heterocycles. The van der Waals surface area contributed by atoms with Crippen LogP contribution in [0, 0.1) is 20.8 Å². The van der Waals surface area contributed by atoms with E-state index in [4.69, 9.17) is 16.7 Å². The topological polar surface area (TPSA) is 74.1 Å². The van der Waals surface area contributed by atoms with Crippen molar-refractivity contribution in [3.63, 3.8) is 0 Å². The number of benzene rings is 3. The highest BCUT2D eigenvalue weighted by atomic mass is 35.5. The van der Waals surface area contributed by atoms with E-state index in [0.717, 1.165) is 33.7 Å². The lowest BCUT2D eigenvalue weighted by Crippen LogP contribution is -2.25. The summed E-state index contributed by atoms with van der Waals surface area (Å²) in [4.78, 5) is 29.9. The Balaban J connectivity index is 1.35. The quantitative estimate of drug-likeness (QED) is 0.411. The fourth-order valence-corrected chi connectivity index (χ4v) is 5.87. The van der Waals surface area contributed by atoms with Crippen LogP contribution in [-0.4, -0.2) is 33.0 Å². The standard InChI is InChI=1S/C29H27ClN4O2S/c1-17-7-9-20(10-8-17)24-15-25(21-5-4-6-22(30)14-21)34(33-24)29-32-28(36)26(37-29)16-27(35)31-23-12-18(2)11-19(3)13-23/h4-14,25-26H,15-16H2,1-3H3,(H,31,35)/t25-,26+/m1/s1. The van der Waals surface area contributed by atoms with E-state index in [1.165, 1.54) is 17.3 Å². The Hall–Kier alpha value is -3.42. The van der Waals surface area contributed by atoms with Crippen molar-refractivity contribution in [3.05, 3.63) is 99.6 Å². The first kappa shape index (κ1) is 25.2. The Kier molecular flexibility index (Phi) is 7.17. The number of halogens is 1. The van der Waals surface area contributed by atoms with Crippen LogP contribution in [0.3, 0.4) is 0 Å². The number of nitrogens with zero attached hydrogens (tertiary/aromatic N) is 3. The van der Waals surface area contributed by atoms with Gasteiger partial charge in [0.25, 0.3) is 5.91 Å². The van der Waals surface area contributed by atoms with Gasteiger partial charge in [0.05, 0.1) is 11.8 Å². The van der Waals surface area contributed by atoms with Crippen LogP contribution in [0.4, 0.5) is 5.69 Å². The van der Waals surface area contributed by atoms with Crippen molar-refractivity contribution in [1.29, 1.82) is 0 Å². The third-order valence-electron chi connectivity index (χ3n) is 6.33. The molecule has 188 valence electrons. The lowest BCUT2D eigenvalue weighted by atomic mass is 9.98. The Morgan fingerprint density at radius 2 is 1.76 bits per heavy atom. The van der Waals surface area contributed by atoms with Crippen molar-refractivity contribution in [1.82, 2.24) is 5.01 Å². The molecule has 0 unspecified atom stereocenters. The third-order valence-corrected chi connectivity index (χ3v) is 7.71. The van der Waals surface area contributed by atoms with Crippen molar-refractivity contribution in [3.8, 4) is 0 Å². The summed E-state index contributed by atoms with van der Waals surface area (Å²) in [5, 5.41) is 10.2. The van der Waals surface area contributed by atoms with E-state index >= 15 is 0 Å². The Morgan fingerprint density at radius 3 is 2.46 bits per heavy atom. The van der Waals surface area contributed by atoms with Crippen LogP contribution in [0.1, 0.15) is 46.7 Å². The average molecular weight is 531 g/mol. The second-order valence-corrected chi connectivity index (χ2v) is 11.1. The van der Waals surface area contributed by atoms with Gasteiger partial charge in [0, 0.05) is 23.6 Å². The molecule has 2 atom stereocenters. The van der Waals surface area contributed by atoms with Crippen LogP contribution in [-0.2, 0) is 9.59 Å². The zero-order valence-electron chi connectivity index (χ0n) is 20.9. The van der Waals surface area contributed by atoms with Crippen molar-refractivity contribution < 1.29 is 9.59 Å². The number of amidine groups is 1. The van der Waals surface area contributed by atoms with Crippen LogP contribution in [0.2, 0.25) is 5.02 Å². The molecule has 0 radical (unpaired) electrons. The molecular weight excluding hydrogens is 504 g/mol. The first-order chi connectivity index (χ1) is 17.7. The molecular formula is C29H27ClN4O2S. The van der Waals surface area contributed by atoms with E-state index in [0.29, 0.717) is 16.6 Å². The Bertz CT molecular complexity index is 1410. The number of carbonyl (C=O) groups is 2. The summed E-state index contributed by atoms with van der Waals surface area (Å²) in [6, 6.07) is 21.6. The largest absolute Gasteiger partial charge is 0.326 e. The molecule has 1 N–H and O–H groups in total. The Morgan fingerprint density at radius 1 is 1.03 bits per heavy atom. The maximum Gasteiger partial charge on any atom is 0.262 e. The first-order valence-electron chi connectivity index (χ1n) is 12.1. The summed E-state index contributed by atoms with van der Waals surface area (Å²) in [5.41, 5.74) is 6.97. The molecule has 8 heteroatoms. The van der Waals surface area contributed by atoms with Crippen molar-refractivity contribution >= 4 is 51.7 Å². The summed E-state index contributed by atoms with van der Waals surface area (Å²) >= 11 is 7.59. The Labute approximate surface area is 225 Å². The molecule has 2 amide bonds. The van der Waals surface area contributed by atoms with Crippen LogP contribution in [0.15, 0.2) is 76.8 Å². The lowest BCUT2D eigenvalue weighted by Gasteiger charge is -2.23. The molecule has 0 fully saturated rings. The predicted molar refractivity (Wildman–Crippen MR) is 151 cm³/mol. The highest BCUT2D eigenvalue weighted by Gasteiger charge is 2.39. The van der Waals surface area contributed by atoms with Crippen LogP contribution < -0.4 is 5.32 Å². The summed E-state index contributed by atoms with van der Waals surface area (Å²) in [5.74, 6) is -0.539. The van der Waals surface area contributed by atoms with Gasteiger partial charge in [-0.2, -0.15) is 10.1 Å². The molecule has 0 saturated carbocycles. The number of anilines is 1. The lowest BCUT2D eigenvalue weighted by molar-refractivity contribution is -0.121. The molecule has 6 nitrogen and oxygen atoms in total. The smallest absolute Gasteiger partial charge is 0.262 e. The minimum Gasteiger partial charge on any atom is -0.326 e. The monoisotopic (exact) mass is 530 g/mol. The zero-order valence-corrected chi connectivity index (χ0v) is 22.4. The van der Waals surface area contributed by atoms with Gasteiger partial charge in [0.15, 0.2) is 5.17 Å². The fourth-order valence-electron chi connectivity index (χ4n) is 4.61. The normalized spacial score (nSPS) is 19.1. The van der Waals surface area contributed by atoms with Gasteiger partial charge in [0.2, 0.25) is 5.91 Å². The van der Waals surface area contributed by atoms with Gasteiger partial charge in [-0.15, -0.1) is 0 Å². The fraction of sp³-hybridized carbons (Fsp3) is 0.241. The number of hydrogen-bond donors (Lipinski definition) is 1. The number of hydrazone groups is 1. The minimum atomic E-state index is -0.598. The molecule has 2 aliphatic rings. The zero-order chi connectivity index (χ0) is 26.1. The number of nitrogens with one attached hydrogen (secondary N) is 1. The van der Waals surface area contributed by atoms with E-state index in [1.54, 1.807) is 0 Å².